The minimum absolute atomic E-state index is 0.158. The molecular weight excluding hydrogens is 342 g/mol. The fraction of sp³-hybridized carbons (Fsp3) is 0. The number of nitrogens with one attached hydrogen (secondary N) is 1. The Morgan fingerprint density at radius 2 is 1.69 bits per heavy atom. The molecular formula is C16H9N5O5. The Balaban J connectivity index is 2.22. The van der Waals surface area contributed by atoms with Crippen molar-refractivity contribution >= 4 is 22.4 Å². The summed E-state index contributed by atoms with van der Waals surface area (Å²) >= 11 is 0. The van der Waals surface area contributed by atoms with Gasteiger partial charge in [-0.25, -0.2) is 18.6 Å². The Morgan fingerprint density at radius 3 is 2.38 bits per heavy atom. The van der Waals surface area contributed by atoms with Crippen LogP contribution in [0.4, 0.5) is 5.69 Å². The number of hydrogen-bond donors (Lipinski definition) is 1. The second kappa shape index (κ2) is 5.48. The quantitative estimate of drug-likeness (QED) is 0.319. The van der Waals surface area contributed by atoms with Crippen LogP contribution in [-0.4, -0.2) is 23.9 Å². The maximum absolute atomic E-state index is 12.9. The van der Waals surface area contributed by atoms with Gasteiger partial charge in [-0.1, -0.05) is 12.1 Å². The molecule has 10 heteroatoms. The van der Waals surface area contributed by atoms with Gasteiger partial charge in [0.1, 0.15) is 0 Å². The van der Waals surface area contributed by atoms with Crippen molar-refractivity contribution in [2.75, 3.05) is 0 Å². The first-order valence-corrected chi connectivity index (χ1v) is 7.39. The van der Waals surface area contributed by atoms with E-state index in [0.29, 0.717) is 5.52 Å². The molecule has 2 heterocycles. The Labute approximate surface area is 142 Å². The maximum Gasteiger partial charge on any atom is 0.352 e. The third-order valence-corrected chi connectivity index (χ3v) is 3.92. The fourth-order valence-electron chi connectivity index (χ4n) is 2.79. The summed E-state index contributed by atoms with van der Waals surface area (Å²) in [5.41, 5.74) is -1.78. The number of benzene rings is 2. The second-order valence-electron chi connectivity index (χ2n) is 5.41. The highest BCUT2D eigenvalue weighted by molar-refractivity contribution is 5.80. The number of non-ortho nitro benzene ring substituents is 1. The van der Waals surface area contributed by atoms with Gasteiger partial charge < -0.3 is 0 Å². The lowest BCUT2D eigenvalue weighted by atomic mass is 10.2. The van der Waals surface area contributed by atoms with Crippen molar-refractivity contribution in [3.05, 3.63) is 90.0 Å². The number of nitrogens with zero attached hydrogens (tertiary/aromatic N) is 4. The Bertz CT molecular complexity index is 1360. The lowest BCUT2D eigenvalue weighted by Crippen LogP contribution is -2.34. The molecule has 0 aliphatic rings. The zero-order chi connectivity index (χ0) is 18.4. The van der Waals surface area contributed by atoms with Crippen molar-refractivity contribution in [1.29, 1.82) is 0 Å². The lowest BCUT2D eigenvalue weighted by molar-refractivity contribution is -0.384. The molecule has 0 atom stereocenters. The van der Waals surface area contributed by atoms with Crippen molar-refractivity contribution in [3.63, 3.8) is 0 Å². The molecule has 2 aromatic heterocycles. The third-order valence-electron chi connectivity index (χ3n) is 3.92. The maximum atomic E-state index is 12.9. The number of aromatic nitrogens is 4. The van der Waals surface area contributed by atoms with Crippen LogP contribution in [0.25, 0.3) is 22.4 Å². The summed E-state index contributed by atoms with van der Waals surface area (Å²) in [4.78, 5) is 53.0. The summed E-state index contributed by atoms with van der Waals surface area (Å²) in [6, 6.07) is 11.5. The predicted octanol–water partition coefficient (Wildman–Crippen LogP) is 0.595. The van der Waals surface area contributed by atoms with E-state index in [1.165, 1.54) is 30.3 Å². The third kappa shape index (κ3) is 2.20. The van der Waals surface area contributed by atoms with Gasteiger partial charge in [0.2, 0.25) is 5.78 Å². The van der Waals surface area contributed by atoms with Crippen LogP contribution in [0.3, 0.4) is 0 Å². The van der Waals surface area contributed by atoms with Crippen LogP contribution in [0.2, 0.25) is 0 Å². The number of nitro benzene ring substituents is 1. The van der Waals surface area contributed by atoms with Crippen LogP contribution in [0.5, 0.6) is 0 Å². The van der Waals surface area contributed by atoms with Gasteiger partial charge in [0.15, 0.2) is 0 Å². The molecule has 0 aliphatic heterocycles. The summed E-state index contributed by atoms with van der Waals surface area (Å²) in [5, 5.41) is 11.1. The number of rotatable bonds is 2. The molecule has 0 unspecified atom stereocenters. The van der Waals surface area contributed by atoms with Crippen LogP contribution in [-0.2, 0) is 0 Å². The van der Waals surface area contributed by atoms with E-state index in [1.54, 1.807) is 18.2 Å². The van der Waals surface area contributed by atoms with Crippen molar-refractivity contribution in [2.45, 2.75) is 0 Å². The van der Waals surface area contributed by atoms with Crippen molar-refractivity contribution < 1.29 is 4.92 Å². The molecule has 0 bridgehead atoms. The van der Waals surface area contributed by atoms with E-state index in [9.17, 15) is 24.5 Å². The number of nitro groups is 1. The largest absolute Gasteiger partial charge is 0.352 e. The second-order valence-corrected chi connectivity index (χ2v) is 5.41. The van der Waals surface area contributed by atoms with Crippen LogP contribution in [0.1, 0.15) is 0 Å². The summed E-state index contributed by atoms with van der Waals surface area (Å²) in [6.45, 7) is 0. The zero-order valence-corrected chi connectivity index (χ0v) is 12.9. The van der Waals surface area contributed by atoms with E-state index in [2.05, 4.69) is 9.97 Å². The van der Waals surface area contributed by atoms with Crippen molar-refractivity contribution in [2.24, 2.45) is 0 Å². The number of para-hydroxylation sites is 1. The molecule has 10 nitrogen and oxygen atoms in total. The van der Waals surface area contributed by atoms with E-state index >= 15 is 0 Å². The molecule has 26 heavy (non-hydrogen) atoms. The van der Waals surface area contributed by atoms with Crippen LogP contribution < -0.4 is 16.9 Å². The molecule has 0 saturated carbocycles. The van der Waals surface area contributed by atoms with Crippen LogP contribution >= 0.6 is 0 Å². The SMILES string of the molecule is O=c1nc2n(-c3ccc([N+](=O)[O-])cc3)c(=O)c3ccccc3n2c(=O)[nH]1. The normalized spacial score (nSPS) is 11.1. The summed E-state index contributed by atoms with van der Waals surface area (Å²) in [5.74, 6) is -0.184. The standard InChI is InChI=1S/C16H9N5O5/c22-13-11-3-1-2-4-12(11)20-15(17-14(23)18-16(20)24)19(13)9-5-7-10(8-6-9)21(25)26/h1-8H,(H,18,23,24). The van der Waals surface area contributed by atoms with E-state index in [4.69, 9.17) is 0 Å². The number of hydrogen-bond acceptors (Lipinski definition) is 6. The lowest BCUT2D eigenvalue weighted by Gasteiger charge is -2.12. The first-order valence-electron chi connectivity index (χ1n) is 7.39. The number of aromatic amines is 1. The van der Waals surface area contributed by atoms with Gasteiger partial charge in [-0.2, -0.15) is 4.98 Å². The average molecular weight is 351 g/mol. The molecule has 0 aliphatic carbocycles. The van der Waals surface area contributed by atoms with E-state index in [1.807, 2.05) is 0 Å². The predicted molar refractivity (Wildman–Crippen MR) is 91.8 cm³/mol. The van der Waals surface area contributed by atoms with Crippen molar-refractivity contribution in [1.82, 2.24) is 18.9 Å². The number of H-pyrrole nitrogens is 1. The Hall–Kier alpha value is -4.08. The minimum atomic E-state index is -0.902. The van der Waals surface area contributed by atoms with Gasteiger partial charge in [-0.05, 0) is 24.3 Å². The molecule has 0 amide bonds. The van der Waals surface area contributed by atoms with Gasteiger partial charge >= 0.3 is 11.4 Å². The van der Waals surface area contributed by atoms with E-state index < -0.39 is 21.9 Å². The van der Waals surface area contributed by atoms with E-state index in [0.717, 1.165) is 8.97 Å². The monoisotopic (exact) mass is 351 g/mol. The van der Waals surface area contributed by atoms with Gasteiger partial charge in [0, 0.05) is 12.1 Å². The molecule has 4 rings (SSSR count). The molecule has 0 saturated heterocycles. The minimum Gasteiger partial charge on any atom is -0.268 e. The fourth-order valence-corrected chi connectivity index (χ4v) is 2.79. The molecule has 2 aromatic carbocycles. The first kappa shape index (κ1) is 15.4. The first-order chi connectivity index (χ1) is 12.5. The highest BCUT2D eigenvalue weighted by Gasteiger charge is 2.16. The molecule has 0 fully saturated rings. The molecule has 1 N–H and O–H groups in total. The summed E-state index contributed by atoms with van der Waals surface area (Å²) < 4.78 is 2.18. The molecule has 128 valence electrons. The van der Waals surface area contributed by atoms with Gasteiger partial charge in [-0.3, -0.25) is 19.9 Å². The average Bonchev–Trinajstić information content (AvgIpc) is 2.61. The van der Waals surface area contributed by atoms with Crippen molar-refractivity contribution in [3.8, 4) is 5.69 Å². The summed E-state index contributed by atoms with van der Waals surface area (Å²) in [6.07, 6.45) is 0. The van der Waals surface area contributed by atoms with Crippen LogP contribution in [0.15, 0.2) is 62.9 Å². The van der Waals surface area contributed by atoms with E-state index in [-0.39, 0.29) is 22.5 Å². The van der Waals surface area contributed by atoms with Crippen LogP contribution in [0, 0.1) is 10.1 Å². The smallest absolute Gasteiger partial charge is 0.268 e. The number of fused-ring (bicyclic) bond motifs is 3. The van der Waals surface area contributed by atoms with Gasteiger partial charge in [0.05, 0.1) is 21.5 Å². The molecule has 4 aromatic rings. The zero-order valence-electron chi connectivity index (χ0n) is 12.9. The van der Waals surface area contributed by atoms with Gasteiger partial charge in [0.25, 0.3) is 11.2 Å². The Kier molecular flexibility index (Phi) is 3.26. The highest BCUT2D eigenvalue weighted by Crippen LogP contribution is 2.17. The molecule has 0 radical (unpaired) electrons. The highest BCUT2D eigenvalue weighted by atomic mass is 16.6. The molecule has 0 spiro atoms. The topological polar surface area (TPSA) is 132 Å². The Morgan fingerprint density at radius 1 is 1.00 bits per heavy atom. The van der Waals surface area contributed by atoms with Gasteiger partial charge in [-0.15, -0.1) is 0 Å². The summed E-state index contributed by atoms with van der Waals surface area (Å²) in [7, 11) is 0.